The monoisotopic (exact) mass is 513 g/mol. The fourth-order valence-electron chi connectivity index (χ4n) is 5.73. The molecule has 0 aliphatic carbocycles. The Labute approximate surface area is 222 Å². The first kappa shape index (κ1) is 24.2. The van der Waals surface area contributed by atoms with Crippen LogP contribution in [-0.2, 0) is 9.59 Å². The highest BCUT2D eigenvalue weighted by Gasteiger charge is 2.43. The molecule has 3 aliphatic heterocycles. The lowest BCUT2D eigenvalue weighted by atomic mass is 9.82. The molecule has 8 heteroatoms. The van der Waals surface area contributed by atoms with E-state index < -0.39 is 6.04 Å². The van der Waals surface area contributed by atoms with E-state index in [1.54, 1.807) is 12.0 Å². The summed E-state index contributed by atoms with van der Waals surface area (Å²) in [5.74, 6) is 1.71. The SMILES string of the molecule is COc1ccc(C2C(C(=O)N3CCN(c4ccccc4)CC3)CCC(=O)N2c2ccc3c(c2)OCO3)cc1. The normalized spacial score (nSPS) is 21.0. The Morgan fingerprint density at radius 2 is 1.61 bits per heavy atom. The summed E-state index contributed by atoms with van der Waals surface area (Å²) in [6.07, 6.45) is 0.815. The van der Waals surface area contributed by atoms with Gasteiger partial charge in [-0.3, -0.25) is 9.59 Å². The van der Waals surface area contributed by atoms with Crippen LogP contribution in [0, 0.1) is 5.92 Å². The van der Waals surface area contributed by atoms with E-state index in [9.17, 15) is 9.59 Å². The lowest BCUT2D eigenvalue weighted by Crippen LogP contribution is -2.54. The van der Waals surface area contributed by atoms with Crippen molar-refractivity contribution in [2.75, 3.05) is 49.9 Å². The predicted octanol–water partition coefficient (Wildman–Crippen LogP) is 4.26. The van der Waals surface area contributed by atoms with Crippen LogP contribution in [0.2, 0.25) is 0 Å². The Balaban J connectivity index is 1.30. The first-order valence-electron chi connectivity index (χ1n) is 13.1. The van der Waals surface area contributed by atoms with Crippen molar-refractivity contribution in [2.45, 2.75) is 18.9 Å². The number of methoxy groups -OCH3 is 1. The van der Waals surface area contributed by atoms with Crippen molar-refractivity contribution in [1.82, 2.24) is 4.90 Å². The van der Waals surface area contributed by atoms with Crippen molar-refractivity contribution in [3.05, 3.63) is 78.4 Å². The first-order valence-corrected chi connectivity index (χ1v) is 13.1. The van der Waals surface area contributed by atoms with Gasteiger partial charge in [-0.2, -0.15) is 0 Å². The van der Waals surface area contributed by atoms with Crippen molar-refractivity contribution in [3.63, 3.8) is 0 Å². The largest absolute Gasteiger partial charge is 0.497 e. The molecule has 0 bridgehead atoms. The molecule has 3 heterocycles. The topological polar surface area (TPSA) is 71.6 Å². The molecular weight excluding hydrogens is 482 g/mol. The van der Waals surface area contributed by atoms with Gasteiger partial charge >= 0.3 is 0 Å². The second-order valence-corrected chi connectivity index (χ2v) is 9.81. The molecule has 0 radical (unpaired) electrons. The Bertz CT molecular complexity index is 1310. The van der Waals surface area contributed by atoms with Gasteiger partial charge in [0.2, 0.25) is 18.6 Å². The van der Waals surface area contributed by atoms with Gasteiger partial charge in [-0.1, -0.05) is 30.3 Å². The third-order valence-corrected chi connectivity index (χ3v) is 7.72. The van der Waals surface area contributed by atoms with Crippen molar-refractivity contribution in [2.24, 2.45) is 5.92 Å². The van der Waals surface area contributed by atoms with E-state index in [1.807, 2.05) is 65.6 Å². The molecule has 0 spiro atoms. The number of carbonyl (C=O) groups excluding carboxylic acids is 2. The van der Waals surface area contributed by atoms with E-state index in [2.05, 4.69) is 17.0 Å². The minimum Gasteiger partial charge on any atom is -0.497 e. The maximum atomic E-state index is 14.1. The summed E-state index contributed by atoms with van der Waals surface area (Å²) < 4.78 is 16.4. The zero-order valence-electron chi connectivity index (χ0n) is 21.4. The Morgan fingerprint density at radius 1 is 0.868 bits per heavy atom. The number of piperazine rings is 1. The van der Waals surface area contributed by atoms with Gasteiger partial charge in [0.15, 0.2) is 11.5 Å². The van der Waals surface area contributed by atoms with E-state index in [0.29, 0.717) is 43.1 Å². The number of piperidine rings is 1. The maximum Gasteiger partial charge on any atom is 0.231 e. The van der Waals surface area contributed by atoms with Gasteiger partial charge < -0.3 is 28.9 Å². The molecule has 2 atom stereocenters. The second kappa shape index (κ2) is 10.3. The number of amides is 2. The van der Waals surface area contributed by atoms with Gasteiger partial charge in [-0.05, 0) is 48.4 Å². The molecule has 2 amide bonds. The lowest BCUT2D eigenvalue weighted by molar-refractivity contribution is -0.138. The molecule has 6 rings (SSSR count). The van der Waals surface area contributed by atoms with Crippen molar-refractivity contribution in [3.8, 4) is 17.2 Å². The average molecular weight is 514 g/mol. The molecule has 3 aliphatic rings. The minimum atomic E-state index is -0.442. The number of ether oxygens (including phenoxy) is 3. The van der Waals surface area contributed by atoms with Crippen LogP contribution in [0.5, 0.6) is 17.2 Å². The molecule has 0 N–H and O–H groups in total. The van der Waals surface area contributed by atoms with Gasteiger partial charge in [0, 0.05) is 50.0 Å². The fraction of sp³-hybridized carbons (Fsp3) is 0.333. The van der Waals surface area contributed by atoms with E-state index in [-0.39, 0.29) is 24.5 Å². The molecular formula is C30H31N3O5. The van der Waals surface area contributed by atoms with Gasteiger partial charge in [-0.25, -0.2) is 0 Å². The summed E-state index contributed by atoms with van der Waals surface area (Å²) in [5.41, 5.74) is 2.78. The van der Waals surface area contributed by atoms with Crippen molar-refractivity contribution < 1.29 is 23.8 Å². The highest BCUT2D eigenvalue weighted by atomic mass is 16.7. The molecule has 2 unspecified atom stereocenters. The molecule has 2 saturated heterocycles. The van der Waals surface area contributed by atoms with Gasteiger partial charge in [0.25, 0.3) is 0 Å². The fourth-order valence-corrected chi connectivity index (χ4v) is 5.73. The first-order chi connectivity index (χ1) is 18.6. The number of fused-ring (bicyclic) bond motifs is 1. The molecule has 196 valence electrons. The van der Waals surface area contributed by atoms with Crippen LogP contribution >= 0.6 is 0 Å². The molecule has 38 heavy (non-hydrogen) atoms. The Morgan fingerprint density at radius 3 is 2.34 bits per heavy atom. The third-order valence-electron chi connectivity index (χ3n) is 7.72. The zero-order valence-corrected chi connectivity index (χ0v) is 21.4. The van der Waals surface area contributed by atoms with Gasteiger partial charge in [0.05, 0.1) is 19.1 Å². The molecule has 2 fully saturated rings. The van der Waals surface area contributed by atoms with Crippen LogP contribution in [0.4, 0.5) is 11.4 Å². The molecule has 3 aromatic rings. The Hall–Kier alpha value is -4.20. The molecule has 3 aromatic carbocycles. The number of rotatable bonds is 5. The highest BCUT2D eigenvalue weighted by molar-refractivity contribution is 5.98. The van der Waals surface area contributed by atoms with Gasteiger partial charge in [-0.15, -0.1) is 0 Å². The predicted molar refractivity (Wildman–Crippen MR) is 144 cm³/mol. The van der Waals surface area contributed by atoms with Gasteiger partial charge in [0.1, 0.15) is 5.75 Å². The van der Waals surface area contributed by atoms with Crippen molar-refractivity contribution in [1.29, 1.82) is 0 Å². The maximum absolute atomic E-state index is 14.1. The van der Waals surface area contributed by atoms with E-state index in [0.717, 1.165) is 24.4 Å². The third kappa shape index (κ3) is 4.51. The standard InChI is InChI=1S/C30H31N3O5/c1-36-24-10-7-21(8-11-24)29-25(30(35)32-17-15-31(16-18-32)22-5-3-2-4-6-22)12-14-28(34)33(29)23-9-13-26-27(19-23)38-20-37-26/h2-11,13,19,25,29H,12,14-18,20H2,1H3. The quantitative estimate of drug-likeness (QED) is 0.508. The summed E-state index contributed by atoms with van der Waals surface area (Å²) in [7, 11) is 1.62. The smallest absolute Gasteiger partial charge is 0.231 e. The van der Waals surface area contributed by atoms with Crippen LogP contribution in [0.1, 0.15) is 24.4 Å². The van der Waals surface area contributed by atoms with Crippen LogP contribution in [0.25, 0.3) is 0 Å². The summed E-state index contributed by atoms with van der Waals surface area (Å²) >= 11 is 0. The van der Waals surface area contributed by atoms with Crippen molar-refractivity contribution >= 4 is 23.2 Å². The zero-order chi connectivity index (χ0) is 26.1. The second-order valence-electron chi connectivity index (χ2n) is 9.81. The highest BCUT2D eigenvalue weighted by Crippen LogP contribution is 2.44. The van der Waals surface area contributed by atoms with Crippen LogP contribution in [-0.4, -0.2) is 56.8 Å². The van der Waals surface area contributed by atoms with E-state index >= 15 is 0 Å². The summed E-state index contributed by atoms with van der Waals surface area (Å²) in [6, 6.07) is 23.1. The summed E-state index contributed by atoms with van der Waals surface area (Å²) in [5, 5.41) is 0. The summed E-state index contributed by atoms with van der Waals surface area (Å²) in [4.78, 5) is 33.6. The van der Waals surface area contributed by atoms with Crippen LogP contribution in [0.15, 0.2) is 72.8 Å². The van der Waals surface area contributed by atoms with Crippen LogP contribution < -0.4 is 24.0 Å². The van der Waals surface area contributed by atoms with E-state index in [4.69, 9.17) is 14.2 Å². The number of carbonyl (C=O) groups is 2. The number of para-hydroxylation sites is 1. The number of nitrogens with zero attached hydrogens (tertiary/aromatic N) is 3. The number of anilines is 2. The minimum absolute atomic E-state index is 0.0115. The number of hydrogen-bond donors (Lipinski definition) is 0. The molecule has 8 nitrogen and oxygen atoms in total. The number of hydrogen-bond acceptors (Lipinski definition) is 6. The Kier molecular flexibility index (Phi) is 6.54. The average Bonchev–Trinajstić information content (AvgIpc) is 3.45. The molecule has 0 saturated carbocycles. The molecule has 0 aromatic heterocycles. The van der Waals surface area contributed by atoms with E-state index in [1.165, 1.54) is 5.69 Å². The lowest BCUT2D eigenvalue weighted by Gasteiger charge is -2.44. The van der Waals surface area contributed by atoms with Crippen LogP contribution in [0.3, 0.4) is 0 Å². The number of benzene rings is 3. The summed E-state index contributed by atoms with van der Waals surface area (Å²) in [6.45, 7) is 3.01.